The lowest BCUT2D eigenvalue weighted by Gasteiger charge is -2.13. The summed E-state index contributed by atoms with van der Waals surface area (Å²) < 4.78 is 53.1. The topological polar surface area (TPSA) is 38.0 Å². The Morgan fingerprint density at radius 1 is 1.00 bits per heavy atom. The first kappa shape index (κ1) is 13.2. The van der Waals surface area contributed by atoms with Crippen molar-refractivity contribution in [1.82, 2.24) is 0 Å². The minimum atomic E-state index is -1.50. The number of para-hydroxylation sites is 1. The van der Waals surface area contributed by atoms with Gasteiger partial charge in [-0.3, -0.25) is 0 Å². The summed E-state index contributed by atoms with van der Waals surface area (Å²) in [7, 11) is 0. The van der Waals surface area contributed by atoms with Crippen molar-refractivity contribution in [1.29, 1.82) is 0 Å². The Labute approximate surface area is 106 Å². The van der Waals surface area contributed by atoms with Crippen LogP contribution in [0.2, 0.25) is 0 Å². The number of aryl methyl sites for hydroxylation is 1. The fourth-order valence-electron chi connectivity index (χ4n) is 1.61. The molecule has 0 aliphatic heterocycles. The van der Waals surface area contributed by atoms with Gasteiger partial charge in [0.2, 0.25) is 0 Å². The molecule has 0 aromatic heterocycles. The van der Waals surface area contributed by atoms with Crippen LogP contribution in [0.15, 0.2) is 24.3 Å². The Morgan fingerprint density at radius 2 is 1.58 bits per heavy atom. The van der Waals surface area contributed by atoms with E-state index in [0.717, 1.165) is 0 Å². The highest BCUT2D eigenvalue weighted by molar-refractivity contribution is 5.75. The SMILES string of the molecule is Cc1cccc(Nc2c(F)c(F)cc(F)c2F)c1N. The highest BCUT2D eigenvalue weighted by Crippen LogP contribution is 2.30. The smallest absolute Gasteiger partial charge is 0.185 e. The van der Waals surface area contributed by atoms with Gasteiger partial charge >= 0.3 is 0 Å². The van der Waals surface area contributed by atoms with Crippen molar-refractivity contribution in [2.24, 2.45) is 0 Å². The summed E-state index contributed by atoms with van der Waals surface area (Å²) in [4.78, 5) is 0. The van der Waals surface area contributed by atoms with E-state index in [2.05, 4.69) is 5.32 Å². The summed E-state index contributed by atoms with van der Waals surface area (Å²) in [6.07, 6.45) is 0. The quantitative estimate of drug-likeness (QED) is 0.494. The molecule has 100 valence electrons. The van der Waals surface area contributed by atoms with Gasteiger partial charge in [-0.2, -0.15) is 0 Å². The third-order valence-corrected chi connectivity index (χ3v) is 2.70. The predicted molar refractivity (Wildman–Crippen MR) is 65.1 cm³/mol. The zero-order valence-corrected chi connectivity index (χ0v) is 9.90. The molecule has 3 N–H and O–H groups in total. The minimum Gasteiger partial charge on any atom is -0.397 e. The van der Waals surface area contributed by atoms with Crippen LogP contribution in [0.1, 0.15) is 5.56 Å². The molecule has 0 fully saturated rings. The third-order valence-electron chi connectivity index (χ3n) is 2.70. The van der Waals surface area contributed by atoms with Crippen LogP contribution in [0.5, 0.6) is 0 Å². The second-order valence-corrected chi connectivity index (χ2v) is 4.00. The molecule has 0 radical (unpaired) electrons. The number of nitrogen functional groups attached to an aromatic ring is 1. The zero-order chi connectivity index (χ0) is 14.2. The van der Waals surface area contributed by atoms with Crippen molar-refractivity contribution in [3.63, 3.8) is 0 Å². The number of nitrogens with one attached hydrogen (secondary N) is 1. The number of anilines is 3. The molecule has 2 aromatic carbocycles. The fourth-order valence-corrected chi connectivity index (χ4v) is 1.61. The molecule has 2 aromatic rings. The number of halogens is 4. The molecular formula is C13H10F4N2. The Kier molecular flexibility index (Phi) is 3.33. The Balaban J connectivity index is 2.52. The number of hydrogen-bond donors (Lipinski definition) is 2. The third kappa shape index (κ3) is 2.33. The molecule has 0 unspecified atom stereocenters. The molecule has 2 nitrogen and oxygen atoms in total. The van der Waals surface area contributed by atoms with Gasteiger partial charge in [-0.05, 0) is 18.6 Å². The lowest BCUT2D eigenvalue weighted by Crippen LogP contribution is -2.05. The standard InChI is InChI=1S/C13H10F4N2/c1-6-3-2-4-9(12(6)18)19-13-10(16)7(14)5-8(15)11(13)17/h2-5,19H,18H2,1H3. The van der Waals surface area contributed by atoms with Gasteiger partial charge in [-0.15, -0.1) is 0 Å². The van der Waals surface area contributed by atoms with Crippen molar-refractivity contribution < 1.29 is 17.6 Å². The molecule has 0 saturated carbocycles. The maximum Gasteiger partial charge on any atom is 0.185 e. The highest BCUT2D eigenvalue weighted by atomic mass is 19.2. The van der Waals surface area contributed by atoms with E-state index in [1.165, 1.54) is 6.07 Å². The van der Waals surface area contributed by atoms with Gasteiger partial charge in [0.25, 0.3) is 0 Å². The van der Waals surface area contributed by atoms with E-state index in [-0.39, 0.29) is 17.4 Å². The van der Waals surface area contributed by atoms with Crippen LogP contribution >= 0.6 is 0 Å². The first-order chi connectivity index (χ1) is 8.91. The molecule has 0 aliphatic rings. The lowest BCUT2D eigenvalue weighted by atomic mass is 10.1. The van der Waals surface area contributed by atoms with E-state index in [1.54, 1.807) is 19.1 Å². The van der Waals surface area contributed by atoms with E-state index in [1.807, 2.05) is 0 Å². The van der Waals surface area contributed by atoms with Gasteiger partial charge in [0, 0.05) is 6.07 Å². The monoisotopic (exact) mass is 270 g/mol. The summed E-state index contributed by atoms with van der Waals surface area (Å²) in [5, 5.41) is 2.28. The van der Waals surface area contributed by atoms with E-state index >= 15 is 0 Å². The van der Waals surface area contributed by atoms with E-state index in [0.29, 0.717) is 5.56 Å². The Bertz CT molecular complexity index is 615. The van der Waals surface area contributed by atoms with Crippen molar-refractivity contribution in [3.05, 3.63) is 53.1 Å². The van der Waals surface area contributed by atoms with Crippen molar-refractivity contribution >= 4 is 17.1 Å². The van der Waals surface area contributed by atoms with Crippen LogP contribution in [0.25, 0.3) is 0 Å². The van der Waals surface area contributed by atoms with Crippen molar-refractivity contribution in [2.75, 3.05) is 11.1 Å². The summed E-state index contributed by atoms with van der Waals surface area (Å²) in [6.45, 7) is 1.69. The first-order valence-electron chi connectivity index (χ1n) is 5.37. The fraction of sp³-hybridized carbons (Fsp3) is 0.0769. The molecule has 0 atom stereocenters. The Hall–Kier alpha value is -2.24. The first-order valence-corrected chi connectivity index (χ1v) is 5.37. The van der Waals surface area contributed by atoms with Gasteiger partial charge < -0.3 is 11.1 Å². The average molecular weight is 270 g/mol. The minimum absolute atomic E-state index is 0.148. The Morgan fingerprint density at radius 3 is 2.16 bits per heavy atom. The summed E-state index contributed by atoms with van der Waals surface area (Å²) in [6, 6.07) is 4.89. The highest BCUT2D eigenvalue weighted by Gasteiger charge is 2.19. The molecule has 0 aliphatic carbocycles. The van der Waals surface area contributed by atoms with Crippen LogP contribution in [-0.2, 0) is 0 Å². The van der Waals surface area contributed by atoms with Gasteiger partial charge in [0.1, 0.15) is 5.69 Å². The average Bonchev–Trinajstić information content (AvgIpc) is 2.37. The van der Waals surface area contributed by atoms with Gasteiger partial charge in [-0.1, -0.05) is 12.1 Å². The second-order valence-electron chi connectivity index (χ2n) is 4.00. The molecule has 0 saturated heterocycles. The van der Waals surface area contributed by atoms with Gasteiger partial charge in [0.05, 0.1) is 11.4 Å². The summed E-state index contributed by atoms with van der Waals surface area (Å²) in [5.74, 6) is -5.96. The summed E-state index contributed by atoms with van der Waals surface area (Å²) >= 11 is 0. The van der Waals surface area contributed by atoms with Crippen LogP contribution in [0, 0.1) is 30.2 Å². The number of hydrogen-bond acceptors (Lipinski definition) is 2. The van der Waals surface area contributed by atoms with Gasteiger partial charge in [-0.25, -0.2) is 17.6 Å². The maximum absolute atomic E-state index is 13.5. The van der Waals surface area contributed by atoms with Crippen LogP contribution in [0.3, 0.4) is 0 Å². The molecular weight excluding hydrogens is 260 g/mol. The number of nitrogens with two attached hydrogens (primary N) is 1. The number of benzene rings is 2. The van der Waals surface area contributed by atoms with Gasteiger partial charge in [0.15, 0.2) is 23.3 Å². The largest absolute Gasteiger partial charge is 0.397 e. The van der Waals surface area contributed by atoms with Crippen LogP contribution in [0.4, 0.5) is 34.6 Å². The van der Waals surface area contributed by atoms with Crippen molar-refractivity contribution in [2.45, 2.75) is 6.92 Å². The zero-order valence-electron chi connectivity index (χ0n) is 9.90. The molecule has 19 heavy (non-hydrogen) atoms. The normalized spacial score (nSPS) is 10.6. The lowest BCUT2D eigenvalue weighted by molar-refractivity contribution is 0.459. The maximum atomic E-state index is 13.5. The molecule has 0 bridgehead atoms. The molecule has 0 spiro atoms. The number of rotatable bonds is 2. The molecule has 0 heterocycles. The molecule has 0 amide bonds. The van der Waals surface area contributed by atoms with E-state index < -0.39 is 29.0 Å². The second kappa shape index (κ2) is 4.79. The molecule has 6 heteroatoms. The predicted octanol–water partition coefficient (Wildman–Crippen LogP) is 3.88. The summed E-state index contributed by atoms with van der Waals surface area (Å²) in [5.41, 5.74) is 5.88. The van der Waals surface area contributed by atoms with Crippen LogP contribution in [-0.4, -0.2) is 0 Å². The van der Waals surface area contributed by atoms with E-state index in [4.69, 9.17) is 5.73 Å². The molecule has 2 rings (SSSR count). The van der Waals surface area contributed by atoms with Crippen molar-refractivity contribution in [3.8, 4) is 0 Å². The van der Waals surface area contributed by atoms with E-state index in [9.17, 15) is 17.6 Å². The van der Waals surface area contributed by atoms with Crippen LogP contribution < -0.4 is 11.1 Å².